The van der Waals surface area contributed by atoms with Gasteiger partial charge in [0.05, 0.1) is 22.5 Å². The Labute approximate surface area is 198 Å². The summed E-state index contributed by atoms with van der Waals surface area (Å²) < 4.78 is 9.71. The predicted octanol–water partition coefficient (Wildman–Crippen LogP) is 6.19. The fraction of sp³-hybridized carbons (Fsp3) is 0.240. The van der Waals surface area contributed by atoms with Gasteiger partial charge >= 0.3 is 0 Å². The number of anilines is 1. The fourth-order valence-electron chi connectivity index (χ4n) is 4.79. The highest BCUT2D eigenvalue weighted by atomic mass is 32.1. The van der Waals surface area contributed by atoms with Crippen LogP contribution in [0.15, 0.2) is 42.5 Å². The quantitative estimate of drug-likeness (QED) is 0.337. The summed E-state index contributed by atoms with van der Waals surface area (Å²) in [6, 6.07) is 14.3. The van der Waals surface area contributed by atoms with Crippen molar-refractivity contribution in [3.05, 3.63) is 64.2 Å². The lowest BCUT2D eigenvalue weighted by Crippen LogP contribution is -2.25. The molecule has 4 heterocycles. The van der Waals surface area contributed by atoms with Gasteiger partial charge in [-0.1, -0.05) is 29.5 Å². The smallest absolute Gasteiger partial charge is 0.226 e. The maximum atomic E-state index is 12.9. The van der Waals surface area contributed by atoms with Gasteiger partial charge in [0.15, 0.2) is 0 Å². The number of thiophene rings is 1. The average molecular weight is 475 g/mol. The molecule has 0 saturated carbocycles. The van der Waals surface area contributed by atoms with Crippen LogP contribution in [-0.2, 0) is 4.79 Å². The number of hydrogen-bond donors (Lipinski definition) is 1. The normalized spacial score (nSPS) is 15.7. The van der Waals surface area contributed by atoms with Gasteiger partial charge in [-0.15, -0.1) is 11.3 Å². The van der Waals surface area contributed by atoms with Crippen molar-refractivity contribution < 1.29 is 9.53 Å². The summed E-state index contributed by atoms with van der Waals surface area (Å²) >= 11 is 3.33. The van der Waals surface area contributed by atoms with Gasteiger partial charge in [-0.2, -0.15) is 9.78 Å². The van der Waals surface area contributed by atoms with Crippen LogP contribution in [0.1, 0.15) is 41.0 Å². The molecular weight excluding hydrogens is 452 g/mol. The summed E-state index contributed by atoms with van der Waals surface area (Å²) in [6.07, 6.45) is 0.415. The van der Waals surface area contributed by atoms with Crippen LogP contribution in [0.5, 0.6) is 5.75 Å². The summed E-state index contributed by atoms with van der Waals surface area (Å²) in [7, 11) is 0. The van der Waals surface area contributed by atoms with Gasteiger partial charge in [0.1, 0.15) is 11.6 Å². The molecule has 1 atom stereocenters. The van der Waals surface area contributed by atoms with Crippen molar-refractivity contribution in [2.45, 2.75) is 33.1 Å². The van der Waals surface area contributed by atoms with Gasteiger partial charge in [0.2, 0.25) is 11.0 Å². The molecule has 1 aliphatic heterocycles. The molecule has 33 heavy (non-hydrogen) atoms. The topological polar surface area (TPSA) is 69.0 Å². The zero-order valence-corrected chi connectivity index (χ0v) is 20.1. The molecule has 5 aromatic rings. The zero-order chi connectivity index (χ0) is 22.7. The summed E-state index contributed by atoms with van der Waals surface area (Å²) in [4.78, 5) is 18.9. The maximum Gasteiger partial charge on any atom is 0.226 e. The standard InChI is InChI=1S/C25H22N4O2S2/c1-4-31-15-9-10-18-20(11-15)33-25(26-18)29-24-22(13(2)28-29)17(12-21(30)27-24)23-14(3)32-19-8-6-5-7-16(19)23/h5-11,17H,4,12H2,1-3H3,(H,27,30)/t17-/m1/s1. The van der Waals surface area contributed by atoms with Crippen molar-refractivity contribution in [1.29, 1.82) is 0 Å². The summed E-state index contributed by atoms with van der Waals surface area (Å²) in [5.41, 5.74) is 4.12. The Morgan fingerprint density at radius 2 is 1.97 bits per heavy atom. The largest absolute Gasteiger partial charge is 0.494 e. The molecule has 3 aromatic heterocycles. The lowest BCUT2D eigenvalue weighted by molar-refractivity contribution is -0.116. The Morgan fingerprint density at radius 1 is 1.12 bits per heavy atom. The number of ether oxygens (including phenoxy) is 1. The zero-order valence-electron chi connectivity index (χ0n) is 18.5. The van der Waals surface area contributed by atoms with Crippen LogP contribution in [-0.4, -0.2) is 27.3 Å². The van der Waals surface area contributed by atoms with Crippen molar-refractivity contribution in [3.8, 4) is 10.9 Å². The molecule has 6 rings (SSSR count). The number of thiazole rings is 1. The van der Waals surface area contributed by atoms with E-state index in [2.05, 4.69) is 36.5 Å². The SMILES string of the molecule is CCOc1ccc2nc(-n3nc(C)c4c3NC(=O)C[C@H]4c3c(C)sc4ccccc34)sc2c1. The number of fused-ring (bicyclic) bond motifs is 3. The highest BCUT2D eigenvalue weighted by molar-refractivity contribution is 7.20. The summed E-state index contributed by atoms with van der Waals surface area (Å²) in [6.45, 7) is 6.76. The van der Waals surface area contributed by atoms with E-state index in [1.54, 1.807) is 27.4 Å². The molecule has 8 heteroatoms. The second kappa shape index (κ2) is 7.67. The highest BCUT2D eigenvalue weighted by Gasteiger charge is 2.35. The molecule has 166 valence electrons. The molecule has 1 amide bonds. The second-order valence-electron chi connectivity index (χ2n) is 8.19. The van der Waals surface area contributed by atoms with E-state index in [4.69, 9.17) is 14.8 Å². The van der Waals surface area contributed by atoms with Gasteiger partial charge < -0.3 is 10.1 Å². The minimum atomic E-state index is -0.0300. The van der Waals surface area contributed by atoms with Crippen LogP contribution in [0.25, 0.3) is 25.4 Å². The number of nitrogens with one attached hydrogen (secondary N) is 1. The molecule has 0 unspecified atom stereocenters. The molecule has 0 bridgehead atoms. The number of aryl methyl sites for hydroxylation is 2. The van der Waals surface area contributed by atoms with E-state index in [-0.39, 0.29) is 11.8 Å². The Kier molecular flexibility index (Phi) is 4.74. The number of benzene rings is 2. The first-order valence-corrected chi connectivity index (χ1v) is 12.6. The summed E-state index contributed by atoms with van der Waals surface area (Å²) in [5.74, 6) is 1.53. The van der Waals surface area contributed by atoms with Crippen molar-refractivity contribution >= 4 is 54.7 Å². The van der Waals surface area contributed by atoms with E-state index in [0.717, 1.165) is 38.2 Å². The van der Waals surface area contributed by atoms with E-state index in [0.29, 0.717) is 13.0 Å². The highest BCUT2D eigenvalue weighted by Crippen LogP contribution is 2.46. The lowest BCUT2D eigenvalue weighted by atomic mass is 9.84. The van der Waals surface area contributed by atoms with Gasteiger partial charge in [0, 0.05) is 27.5 Å². The van der Waals surface area contributed by atoms with Crippen LogP contribution in [0.2, 0.25) is 0 Å². The minimum Gasteiger partial charge on any atom is -0.494 e. The predicted molar refractivity (Wildman–Crippen MR) is 134 cm³/mol. The molecule has 0 spiro atoms. The number of carbonyl (C=O) groups is 1. The number of amides is 1. The van der Waals surface area contributed by atoms with Crippen molar-refractivity contribution in [2.24, 2.45) is 0 Å². The molecule has 0 fully saturated rings. The van der Waals surface area contributed by atoms with E-state index in [1.807, 2.05) is 32.0 Å². The van der Waals surface area contributed by atoms with Crippen LogP contribution in [0.4, 0.5) is 5.82 Å². The van der Waals surface area contributed by atoms with E-state index in [9.17, 15) is 4.79 Å². The third-order valence-electron chi connectivity index (χ3n) is 6.11. The first kappa shape index (κ1) is 20.4. The van der Waals surface area contributed by atoms with Gasteiger partial charge in [-0.3, -0.25) is 4.79 Å². The third-order valence-corrected chi connectivity index (χ3v) is 8.21. The van der Waals surface area contributed by atoms with Crippen LogP contribution >= 0.6 is 22.7 Å². The number of nitrogens with zero attached hydrogens (tertiary/aromatic N) is 3. The Balaban J connectivity index is 1.51. The van der Waals surface area contributed by atoms with Gasteiger partial charge in [-0.25, -0.2) is 4.98 Å². The first-order chi connectivity index (χ1) is 16.0. The van der Waals surface area contributed by atoms with E-state index < -0.39 is 0 Å². The van der Waals surface area contributed by atoms with E-state index >= 15 is 0 Å². The van der Waals surface area contributed by atoms with Gasteiger partial charge in [-0.05, 0) is 56.0 Å². The Hall–Kier alpha value is -3.23. The molecule has 1 aliphatic rings. The Morgan fingerprint density at radius 3 is 2.82 bits per heavy atom. The monoisotopic (exact) mass is 474 g/mol. The van der Waals surface area contributed by atoms with Crippen LogP contribution in [0, 0.1) is 13.8 Å². The molecule has 1 N–H and O–H groups in total. The van der Waals surface area contributed by atoms with E-state index in [1.165, 1.54) is 20.5 Å². The van der Waals surface area contributed by atoms with Crippen molar-refractivity contribution in [2.75, 3.05) is 11.9 Å². The average Bonchev–Trinajstić information content (AvgIpc) is 3.45. The summed E-state index contributed by atoms with van der Waals surface area (Å²) in [5, 5.41) is 9.89. The number of hydrogen-bond acceptors (Lipinski definition) is 6. The van der Waals surface area contributed by atoms with Gasteiger partial charge in [0.25, 0.3) is 0 Å². The second-order valence-corrected chi connectivity index (χ2v) is 10.5. The van der Waals surface area contributed by atoms with Crippen LogP contribution < -0.4 is 10.1 Å². The Bertz CT molecular complexity index is 1550. The number of aromatic nitrogens is 3. The molecule has 0 saturated heterocycles. The van der Waals surface area contributed by atoms with Crippen molar-refractivity contribution in [1.82, 2.24) is 14.8 Å². The number of carbonyl (C=O) groups excluding carboxylic acids is 1. The molecule has 6 nitrogen and oxygen atoms in total. The minimum absolute atomic E-state index is 0.00285. The number of rotatable bonds is 4. The fourth-order valence-corrected chi connectivity index (χ4v) is 6.87. The molecule has 0 radical (unpaired) electrons. The lowest BCUT2D eigenvalue weighted by Gasteiger charge is -2.24. The molecule has 2 aromatic carbocycles. The van der Waals surface area contributed by atoms with Crippen molar-refractivity contribution in [3.63, 3.8) is 0 Å². The third kappa shape index (κ3) is 3.24. The maximum absolute atomic E-state index is 12.9. The molecule has 0 aliphatic carbocycles. The van der Waals surface area contributed by atoms with Crippen LogP contribution in [0.3, 0.4) is 0 Å². The first-order valence-electron chi connectivity index (χ1n) is 10.9. The molecular formula is C25H22N4O2S2.